The number of aliphatic hydroxyl groups excluding tert-OH is 1. The van der Waals surface area contributed by atoms with E-state index in [2.05, 4.69) is 0 Å². The number of alkyl halides is 2. The molecule has 0 aromatic rings. The fraction of sp³-hybridized carbons (Fsp3) is 0.900. The summed E-state index contributed by atoms with van der Waals surface area (Å²) < 4.78 is 24.3. The topological polar surface area (TPSA) is 66.6 Å². The first-order chi connectivity index (χ1) is 7.52. The molecule has 0 saturated carbocycles. The Hall–Kier alpha value is -0.750. The standard InChI is InChI=1S/C10H20F2N2O2/c1-2-3-4-8(13)10(16)14(5-6-15)7-9(11)12/h8-9,15H,2-7,13H2,1H3/t8-/m0/s1. The third-order valence-corrected chi connectivity index (χ3v) is 2.23. The first-order valence-corrected chi connectivity index (χ1v) is 5.46. The van der Waals surface area contributed by atoms with Gasteiger partial charge in [-0.05, 0) is 6.42 Å². The number of hydrogen-bond acceptors (Lipinski definition) is 3. The van der Waals surface area contributed by atoms with E-state index < -0.39 is 24.9 Å². The number of aliphatic hydroxyl groups is 1. The second-order valence-electron chi connectivity index (χ2n) is 3.65. The number of nitrogens with zero attached hydrogens (tertiary/aromatic N) is 1. The zero-order chi connectivity index (χ0) is 12.6. The van der Waals surface area contributed by atoms with Gasteiger partial charge in [-0.25, -0.2) is 8.78 Å². The van der Waals surface area contributed by atoms with Crippen LogP contribution in [0.25, 0.3) is 0 Å². The molecule has 0 unspecified atom stereocenters. The van der Waals surface area contributed by atoms with Crippen LogP contribution in [0, 0.1) is 0 Å². The maximum absolute atomic E-state index is 12.2. The number of rotatable bonds is 8. The molecule has 1 atom stereocenters. The van der Waals surface area contributed by atoms with E-state index in [1.54, 1.807) is 0 Å². The predicted molar refractivity (Wildman–Crippen MR) is 57.2 cm³/mol. The molecule has 0 saturated heterocycles. The van der Waals surface area contributed by atoms with E-state index in [1.165, 1.54) is 0 Å². The van der Waals surface area contributed by atoms with Gasteiger partial charge in [0.15, 0.2) is 0 Å². The maximum Gasteiger partial charge on any atom is 0.255 e. The summed E-state index contributed by atoms with van der Waals surface area (Å²) in [6, 6.07) is -0.745. The van der Waals surface area contributed by atoms with Crippen LogP contribution in [0.2, 0.25) is 0 Å². The normalized spacial score (nSPS) is 12.9. The SMILES string of the molecule is CCCC[C@H](N)C(=O)N(CCO)CC(F)F. The Labute approximate surface area is 94.4 Å². The first kappa shape index (κ1) is 15.2. The Morgan fingerprint density at radius 1 is 1.50 bits per heavy atom. The Morgan fingerprint density at radius 3 is 2.56 bits per heavy atom. The molecule has 3 N–H and O–H groups in total. The highest BCUT2D eigenvalue weighted by Crippen LogP contribution is 2.05. The third-order valence-electron chi connectivity index (χ3n) is 2.23. The molecular weight excluding hydrogens is 218 g/mol. The number of halogens is 2. The Kier molecular flexibility index (Phi) is 8.01. The van der Waals surface area contributed by atoms with Crippen LogP contribution < -0.4 is 5.73 Å². The van der Waals surface area contributed by atoms with Crippen molar-refractivity contribution >= 4 is 5.91 Å². The van der Waals surface area contributed by atoms with Gasteiger partial charge in [0.2, 0.25) is 5.91 Å². The van der Waals surface area contributed by atoms with Gasteiger partial charge in [0.25, 0.3) is 6.43 Å². The van der Waals surface area contributed by atoms with Gasteiger partial charge in [-0.1, -0.05) is 19.8 Å². The predicted octanol–water partition coefficient (Wildman–Crippen LogP) is 0.590. The minimum absolute atomic E-state index is 0.0942. The molecule has 0 aromatic heterocycles. The molecule has 4 nitrogen and oxygen atoms in total. The van der Waals surface area contributed by atoms with Gasteiger partial charge >= 0.3 is 0 Å². The summed E-state index contributed by atoms with van der Waals surface area (Å²) in [7, 11) is 0. The van der Waals surface area contributed by atoms with Crippen molar-refractivity contribution in [1.82, 2.24) is 4.90 Å². The van der Waals surface area contributed by atoms with Gasteiger partial charge in [-0.3, -0.25) is 4.79 Å². The lowest BCUT2D eigenvalue weighted by Crippen LogP contribution is -2.46. The van der Waals surface area contributed by atoms with Crippen molar-refractivity contribution < 1.29 is 18.7 Å². The van der Waals surface area contributed by atoms with Crippen LogP contribution in [0.3, 0.4) is 0 Å². The van der Waals surface area contributed by atoms with Crippen molar-refractivity contribution in [2.24, 2.45) is 5.73 Å². The average molecular weight is 238 g/mol. The molecule has 0 radical (unpaired) electrons. The zero-order valence-electron chi connectivity index (χ0n) is 9.53. The summed E-state index contributed by atoms with van der Waals surface area (Å²) in [6.07, 6.45) is -0.431. The van der Waals surface area contributed by atoms with Gasteiger partial charge in [-0.15, -0.1) is 0 Å². The molecule has 0 spiro atoms. The van der Waals surface area contributed by atoms with Crippen LogP contribution >= 0.6 is 0 Å². The van der Waals surface area contributed by atoms with E-state index in [9.17, 15) is 13.6 Å². The summed E-state index contributed by atoms with van der Waals surface area (Å²) in [5.41, 5.74) is 5.59. The van der Waals surface area contributed by atoms with E-state index >= 15 is 0 Å². The van der Waals surface area contributed by atoms with E-state index in [4.69, 9.17) is 10.8 Å². The Morgan fingerprint density at radius 2 is 2.12 bits per heavy atom. The maximum atomic E-state index is 12.2. The van der Waals surface area contributed by atoms with Crippen LogP contribution in [0.4, 0.5) is 8.78 Å². The van der Waals surface area contributed by atoms with Gasteiger partial charge in [0, 0.05) is 6.54 Å². The Bertz CT molecular complexity index is 203. The Balaban J connectivity index is 4.23. The molecule has 16 heavy (non-hydrogen) atoms. The van der Waals surface area contributed by atoms with Crippen molar-refractivity contribution in [2.45, 2.75) is 38.7 Å². The first-order valence-electron chi connectivity index (χ1n) is 5.46. The monoisotopic (exact) mass is 238 g/mol. The number of unbranched alkanes of at least 4 members (excludes halogenated alkanes) is 1. The lowest BCUT2D eigenvalue weighted by molar-refractivity contribution is -0.135. The van der Waals surface area contributed by atoms with Crippen molar-refractivity contribution in [2.75, 3.05) is 19.7 Å². The lowest BCUT2D eigenvalue weighted by Gasteiger charge is -2.24. The van der Waals surface area contributed by atoms with Crippen LogP contribution in [-0.2, 0) is 4.79 Å². The number of carbonyl (C=O) groups excluding carboxylic acids is 1. The van der Waals surface area contributed by atoms with Crippen LogP contribution in [0.15, 0.2) is 0 Å². The molecule has 0 fully saturated rings. The summed E-state index contributed by atoms with van der Waals surface area (Å²) in [6.45, 7) is 0.864. The molecule has 0 aliphatic heterocycles. The van der Waals surface area contributed by atoms with Crippen LogP contribution in [0.1, 0.15) is 26.2 Å². The van der Waals surface area contributed by atoms with Gasteiger partial charge in [0.1, 0.15) is 0 Å². The van der Waals surface area contributed by atoms with Gasteiger partial charge < -0.3 is 15.7 Å². The molecule has 0 aliphatic rings. The number of carbonyl (C=O) groups is 1. The molecule has 6 heteroatoms. The van der Waals surface area contributed by atoms with E-state index in [1.807, 2.05) is 6.92 Å². The van der Waals surface area contributed by atoms with Crippen molar-refractivity contribution in [3.05, 3.63) is 0 Å². The molecule has 0 heterocycles. The zero-order valence-corrected chi connectivity index (χ0v) is 9.53. The molecule has 96 valence electrons. The molecule has 1 amide bonds. The lowest BCUT2D eigenvalue weighted by atomic mass is 10.1. The highest BCUT2D eigenvalue weighted by atomic mass is 19.3. The second kappa shape index (κ2) is 8.41. The molecule has 0 aliphatic carbocycles. The van der Waals surface area contributed by atoms with E-state index in [0.29, 0.717) is 6.42 Å². The fourth-order valence-electron chi connectivity index (χ4n) is 1.36. The fourth-order valence-corrected chi connectivity index (χ4v) is 1.36. The summed E-state index contributed by atoms with van der Waals surface area (Å²) in [5, 5.41) is 8.68. The minimum atomic E-state index is -2.60. The number of amides is 1. The van der Waals surface area contributed by atoms with Gasteiger partial charge in [0.05, 0.1) is 19.2 Å². The minimum Gasteiger partial charge on any atom is -0.395 e. The largest absolute Gasteiger partial charge is 0.395 e. The molecule has 0 bridgehead atoms. The number of nitrogens with two attached hydrogens (primary N) is 1. The van der Waals surface area contributed by atoms with E-state index in [-0.39, 0.29) is 13.2 Å². The quantitative estimate of drug-likeness (QED) is 0.650. The second-order valence-corrected chi connectivity index (χ2v) is 3.65. The third kappa shape index (κ3) is 5.97. The van der Waals surface area contributed by atoms with Crippen molar-refractivity contribution in [3.8, 4) is 0 Å². The smallest absolute Gasteiger partial charge is 0.255 e. The highest BCUT2D eigenvalue weighted by molar-refractivity contribution is 5.81. The van der Waals surface area contributed by atoms with Crippen molar-refractivity contribution in [1.29, 1.82) is 0 Å². The summed E-state index contributed by atoms with van der Waals surface area (Å²) >= 11 is 0. The van der Waals surface area contributed by atoms with Crippen LogP contribution in [-0.4, -0.2) is 48.1 Å². The highest BCUT2D eigenvalue weighted by Gasteiger charge is 2.22. The molecular formula is C10H20F2N2O2. The van der Waals surface area contributed by atoms with Gasteiger partial charge in [-0.2, -0.15) is 0 Å². The summed E-state index contributed by atoms with van der Waals surface area (Å²) in [4.78, 5) is 12.6. The van der Waals surface area contributed by atoms with E-state index in [0.717, 1.165) is 17.7 Å². The van der Waals surface area contributed by atoms with Crippen LogP contribution in [0.5, 0.6) is 0 Å². The summed E-state index contributed by atoms with van der Waals surface area (Å²) in [5.74, 6) is -0.511. The van der Waals surface area contributed by atoms with Crippen molar-refractivity contribution in [3.63, 3.8) is 0 Å². The average Bonchev–Trinajstić information content (AvgIpc) is 2.23. The molecule has 0 rings (SSSR count). The number of hydrogen-bond donors (Lipinski definition) is 2. The molecule has 0 aromatic carbocycles.